The summed E-state index contributed by atoms with van der Waals surface area (Å²) in [7, 11) is 0. The summed E-state index contributed by atoms with van der Waals surface area (Å²) in [5, 5.41) is 9.53. The van der Waals surface area contributed by atoms with Crippen molar-refractivity contribution in [3.8, 4) is 0 Å². The van der Waals surface area contributed by atoms with Crippen molar-refractivity contribution in [2.45, 2.75) is 12.3 Å². The van der Waals surface area contributed by atoms with E-state index in [-0.39, 0.29) is 5.56 Å². The molecule has 6 heteroatoms. The van der Waals surface area contributed by atoms with Gasteiger partial charge in [-0.2, -0.15) is 13.2 Å². The van der Waals surface area contributed by atoms with Gasteiger partial charge >= 0.3 is 6.18 Å². The summed E-state index contributed by atoms with van der Waals surface area (Å²) in [6, 6.07) is 4.89. The molecule has 0 saturated carbocycles. The predicted octanol–water partition coefficient (Wildman–Crippen LogP) is 3.53. The van der Waals surface area contributed by atoms with Gasteiger partial charge in [0.1, 0.15) is 0 Å². The summed E-state index contributed by atoms with van der Waals surface area (Å²) in [4.78, 5) is 2.69. The highest BCUT2D eigenvalue weighted by Gasteiger charge is 2.40. The third-order valence-electron chi connectivity index (χ3n) is 2.28. The van der Waals surface area contributed by atoms with Crippen LogP contribution in [0.2, 0.25) is 0 Å². The number of rotatable bonds is 1. The molecule has 2 rings (SSSR count). The average molecular weight is 294 g/mol. The molecular formula is C10H7BrF3NO. The molecule has 86 valence electrons. The van der Waals surface area contributed by atoms with Gasteiger partial charge in [-0.05, 0) is 18.2 Å². The standard InChI is InChI=1S/C10H7BrF3NO/c11-5-1-2-8-6(3-5)7(4-15-8)9(16)10(12,13)14/h1-4,9,15-16H/t9-/m1/s1. The van der Waals surface area contributed by atoms with Crippen molar-refractivity contribution in [1.82, 2.24) is 4.98 Å². The van der Waals surface area contributed by atoms with E-state index in [9.17, 15) is 18.3 Å². The van der Waals surface area contributed by atoms with Gasteiger partial charge in [0.25, 0.3) is 0 Å². The van der Waals surface area contributed by atoms with Crippen LogP contribution in [0.1, 0.15) is 11.7 Å². The van der Waals surface area contributed by atoms with E-state index >= 15 is 0 Å². The fraction of sp³-hybridized carbons (Fsp3) is 0.200. The molecule has 0 aliphatic heterocycles. The number of fused-ring (bicyclic) bond motifs is 1. The van der Waals surface area contributed by atoms with E-state index in [0.29, 0.717) is 15.4 Å². The predicted molar refractivity (Wildman–Crippen MR) is 57.0 cm³/mol. The average Bonchev–Trinajstić information content (AvgIpc) is 2.57. The smallest absolute Gasteiger partial charge is 0.379 e. The van der Waals surface area contributed by atoms with Crippen LogP contribution in [0.5, 0.6) is 0 Å². The first-order valence-electron chi connectivity index (χ1n) is 4.41. The van der Waals surface area contributed by atoms with Gasteiger partial charge in [0.05, 0.1) is 0 Å². The molecule has 1 heterocycles. The number of H-pyrrole nitrogens is 1. The molecule has 0 fully saturated rings. The van der Waals surface area contributed by atoms with Crippen molar-refractivity contribution in [2.24, 2.45) is 0 Å². The molecule has 1 aromatic heterocycles. The fourth-order valence-electron chi connectivity index (χ4n) is 1.52. The zero-order valence-electron chi connectivity index (χ0n) is 7.85. The molecule has 1 atom stereocenters. The minimum atomic E-state index is -4.66. The molecule has 0 radical (unpaired) electrons. The van der Waals surface area contributed by atoms with Crippen molar-refractivity contribution in [3.05, 3.63) is 34.4 Å². The summed E-state index contributed by atoms with van der Waals surface area (Å²) in [5.74, 6) is 0. The number of aliphatic hydroxyl groups is 1. The molecule has 2 N–H and O–H groups in total. The molecule has 0 spiro atoms. The lowest BCUT2D eigenvalue weighted by molar-refractivity contribution is -0.206. The van der Waals surface area contributed by atoms with Crippen molar-refractivity contribution in [1.29, 1.82) is 0 Å². The first-order valence-corrected chi connectivity index (χ1v) is 5.20. The van der Waals surface area contributed by atoms with Gasteiger partial charge < -0.3 is 10.1 Å². The van der Waals surface area contributed by atoms with Crippen LogP contribution in [0.3, 0.4) is 0 Å². The van der Waals surface area contributed by atoms with Crippen LogP contribution in [0, 0.1) is 0 Å². The minimum absolute atomic E-state index is 0.163. The van der Waals surface area contributed by atoms with Gasteiger partial charge in [0.15, 0.2) is 6.10 Å². The molecule has 0 amide bonds. The van der Waals surface area contributed by atoms with Crippen molar-refractivity contribution >= 4 is 26.8 Å². The number of aromatic nitrogens is 1. The summed E-state index contributed by atoms with van der Waals surface area (Å²) < 4.78 is 37.8. The molecule has 0 aliphatic carbocycles. The fourth-order valence-corrected chi connectivity index (χ4v) is 1.88. The largest absolute Gasteiger partial charge is 0.418 e. The number of halogens is 4. The zero-order valence-corrected chi connectivity index (χ0v) is 9.43. The Morgan fingerprint density at radius 3 is 2.62 bits per heavy atom. The number of hydrogen-bond acceptors (Lipinski definition) is 1. The second-order valence-corrected chi connectivity index (χ2v) is 4.29. The highest BCUT2D eigenvalue weighted by Crippen LogP contribution is 2.36. The summed E-state index contributed by atoms with van der Waals surface area (Å²) in [5.41, 5.74) is 0.394. The number of nitrogens with one attached hydrogen (secondary N) is 1. The highest BCUT2D eigenvalue weighted by atomic mass is 79.9. The third-order valence-corrected chi connectivity index (χ3v) is 2.77. The molecule has 0 aliphatic rings. The molecule has 0 unspecified atom stereocenters. The van der Waals surface area contributed by atoms with Crippen molar-refractivity contribution in [2.75, 3.05) is 0 Å². The maximum Gasteiger partial charge on any atom is 0.418 e. The van der Waals surface area contributed by atoms with E-state index in [1.165, 1.54) is 12.3 Å². The van der Waals surface area contributed by atoms with E-state index in [2.05, 4.69) is 20.9 Å². The van der Waals surface area contributed by atoms with E-state index in [4.69, 9.17) is 0 Å². The van der Waals surface area contributed by atoms with Crippen LogP contribution >= 0.6 is 15.9 Å². The molecule has 0 bridgehead atoms. The Balaban J connectivity index is 2.57. The minimum Gasteiger partial charge on any atom is -0.379 e. The lowest BCUT2D eigenvalue weighted by atomic mass is 10.1. The molecule has 2 nitrogen and oxygen atoms in total. The maximum absolute atomic E-state index is 12.4. The number of hydrogen-bond donors (Lipinski definition) is 2. The maximum atomic E-state index is 12.4. The highest BCUT2D eigenvalue weighted by molar-refractivity contribution is 9.10. The van der Waals surface area contributed by atoms with Gasteiger partial charge in [-0.15, -0.1) is 0 Å². The number of alkyl halides is 3. The van der Waals surface area contributed by atoms with Crippen LogP contribution in [0.15, 0.2) is 28.9 Å². The molecule has 16 heavy (non-hydrogen) atoms. The Kier molecular flexibility index (Phi) is 2.71. The Morgan fingerprint density at radius 2 is 2.00 bits per heavy atom. The van der Waals surface area contributed by atoms with E-state index in [1.54, 1.807) is 12.1 Å². The van der Waals surface area contributed by atoms with Crippen molar-refractivity contribution < 1.29 is 18.3 Å². The van der Waals surface area contributed by atoms with Gasteiger partial charge in [0, 0.05) is 27.1 Å². The van der Waals surface area contributed by atoms with Gasteiger partial charge in [0.2, 0.25) is 0 Å². The second kappa shape index (κ2) is 3.78. The molecule has 1 aromatic carbocycles. The molecule has 2 aromatic rings. The quantitative estimate of drug-likeness (QED) is 0.829. The van der Waals surface area contributed by atoms with Crippen LogP contribution in [0.25, 0.3) is 10.9 Å². The lowest BCUT2D eigenvalue weighted by Crippen LogP contribution is -2.19. The summed E-state index contributed by atoms with van der Waals surface area (Å²) in [6.07, 6.45) is -5.94. The SMILES string of the molecule is O[C@H](c1c[nH]c2ccc(Br)cc12)C(F)(F)F. The van der Waals surface area contributed by atoms with Gasteiger partial charge in [-0.25, -0.2) is 0 Å². The number of aromatic amines is 1. The Bertz CT molecular complexity index is 520. The third kappa shape index (κ3) is 1.94. The van der Waals surface area contributed by atoms with Gasteiger partial charge in [-0.3, -0.25) is 0 Å². The van der Waals surface area contributed by atoms with E-state index in [1.807, 2.05) is 0 Å². The molecule has 0 saturated heterocycles. The Hall–Kier alpha value is -1.01. The first kappa shape index (κ1) is 11.5. The van der Waals surface area contributed by atoms with Crippen LogP contribution in [-0.4, -0.2) is 16.3 Å². The van der Waals surface area contributed by atoms with E-state index < -0.39 is 12.3 Å². The summed E-state index contributed by atoms with van der Waals surface area (Å²) >= 11 is 3.17. The Morgan fingerprint density at radius 1 is 1.31 bits per heavy atom. The number of aliphatic hydroxyl groups excluding tert-OH is 1. The molecular weight excluding hydrogens is 287 g/mol. The number of benzene rings is 1. The topological polar surface area (TPSA) is 36.0 Å². The summed E-state index contributed by atoms with van der Waals surface area (Å²) in [6.45, 7) is 0. The van der Waals surface area contributed by atoms with E-state index in [0.717, 1.165) is 0 Å². The van der Waals surface area contributed by atoms with Crippen LogP contribution < -0.4 is 0 Å². The zero-order chi connectivity index (χ0) is 11.9. The van der Waals surface area contributed by atoms with Crippen LogP contribution in [0.4, 0.5) is 13.2 Å². The first-order chi connectivity index (χ1) is 7.39. The van der Waals surface area contributed by atoms with Crippen LogP contribution in [-0.2, 0) is 0 Å². The second-order valence-electron chi connectivity index (χ2n) is 3.38. The van der Waals surface area contributed by atoms with Gasteiger partial charge in [-0.1, -0.05) is 15.9 Å². The lowest BCUT2D eigenvalue weighted by Gasteiger charge is -2.13. The monoisotopic (exact) mass is 293 g/mol. The Labute approximate surface area is 97.2 Å². The normalized spacial score (nSPS) is 14.3. The van der Waals surface area contributed by atoms with Crippen molar-refractivity contribution in [3.63, 3.8) is 0 Å².